The van der Waals surface area contributed by atoms with Gasteiger partial charge in [-0.25, -0.2) is 9.78 Å². The molecule has 0 atom stereocenters. The Labute approximate surface area is 116 Å². The van der Waals surface area contributed by atoms with E-state index in [4.69, 9.17) is 0 Å². The first-order chi connectivity index (χ1) is 8.29. The molecule has 0 fully saturated rings. The summed E-state index contributed by atoms with van der Waals surface area (Å²) in [6.07, 6.45) is 3.35. The summed E-state index contributed by atoms with van der Waals surface area (Å²) in [6.45, 7) is 8.26. The summed E-state index contributed by atoms with van der Waals surface area (Å²) in [6, 6.07) is 3.25. The minimum Gasteiger partial charge on any atom is -0.314 e. The van der Waals surface area contributed by atoms with E-state index in [0.717, 1.165) is 10.0 Å². The fraction of sp³-hybridized carbons (Fsp3) is 0.385. The molecule has 2 amide bonds. The van der Waals surface area contributed by atoms with Crippen molar-refractivity contribution in [2.24, 2.45) is 5.41 Å². The van der Waals surface area contributed by atoms with Crippen molar-refractivity contribution in [3.63, 3.8) is 0 Å². The van der Waals surface area contributed by atoms with Crippen molar-refractivity contribution in [2.45, 2.75) is 27.7 Å². The third-order valence-electron chi connectivity index (χ3n) is 2.57. The third kappa shape index (κ3) is 4.87. The summed E-state index contributed by atoms with van der Waals surface area (Å²) in [7, 11) is 0. The van der Waals surface area contributed by atoms with Crippen molar-refractivity contribution >= 4 is 27.8 Å². The minimum absolute atomic E-state index is 0.0448. The molecule has 1 rings (SSSR count). The van der Waals surface area contributed by atoms with Gasteiger partial charge in [0.25, 0.3) is 0 Å². The average molecular weight is 312 g/mol. The Bertz CT molecular complexity index is 446. The Morgan fingerprint density at radius 1 is 1.39 bits per heavy atom. The molecular formula is C13H18BrN3O. The van der Waals surface area contributed by atoms with Crippen molar-refractivity contribution in [2.75, 3.05) is 5.32 Å². The third-order valence-corrected chi connectivity index (χ3v) is 3.04. The standard InChI is InChI=1S/C13H18BrN3O/c1-9(13(2,3)4)7-16-12(18)17-11-6-5-10(14)8-15-11/h5-8H,1-4H3,(H2,15,16,17,18)/b9-7+. The van der Waals surface area contributed by atoms with Gasteiger partial charge < -0.3 is 5.32 Å². The van der Waals surface area contributed by atoms with Crippen LogP contribution in [0.4, 0.5) is 10.6 Å². The lowest BCUT2D eigenvalue weighted by Gasteiger charge is -2.19. The SMILES string of the molecule is C/C(=C\NC(=O)Nc1ccc(Br)cn1)C(C)(C)C. The molecule has 18 heavy (non-hydrogen) atoms. The molecule has 0 aliphatic rings. The summed E-state index contributed by atoms with van der Waals surface area (Å²) in [4.78, 5) is 15.7. The van der Waals surface area contributed by atoms with Gasteiger partial charge in [0.1, 0.15) is 5.82 Å². The second-order valence-electron chi connectivity index (χ2n) is 5.04. The highest BCUT2D eigenvalue weighted by atomic mass is 79.9. The number of nitrogens with zero attached hydrogens (tertiary/aromatic N) is 1. The van der Waals surface area contributed by atoms with Gasteiger partial charge in [0, 0.05) is 16.9 Å². The maximum absolute atomic E-state index is 11.6. The number of allylic oxidation sites excluding steroid dienone is 1. The predicted octanol–water partition coefficient (Wildman–Crippen LogP) is 3.92. The first-order valence-corrected chi connectivity index (χ1v) is 6.44. The maximum atomic E-state index is 11.6. The highest BCUT2D eigenvalue weighted by molar-refractivity contribution is 9.10. The second-order valence-corrected chi connectivity index (χ2v) is 5.95. The molecule has 0 saturated heterocycles. The fourth-order valence-corrected chi connectivity index (χ4v) is 1.23. The van der Waals surface area contributed by atoms with Crippen molar-refractivity contribution in [3.8, 4) is 0 Å². The van der Waals surface area contributed by atoms with Crippen molar-refractivity contribution < 1.29 is 4.79 Å². The van der Waals surface area contributed by atoms with Gasteiger partial charge in [0.05, 0.1) is 0 Å². The van der Waals surface area contributed by atoms with Gasteiger partial charge in [-0.2, -0.15) is 0 Å². The van der Waals surface area contributed by atoms with E-state index in [2.05, 4.69) is 52.3 Å². The van der Waals surface area contributed by atoms with E-state index in [-0.39, 0.29) is 11.4 Å². The zero-order chi connectivity index (χ0) is 13.8. The molecule has 5 heteroatoms. The monoisotopic (exact) mass is 311 g/mol. The normalized spacial score (nSPS) is 12.2. The Hall–Kier alpha value is -1.36. The summed E-state index contributed by atoms with van der Waals surface area (Å²) >= 11 is 3.28. The molecule has 2 N–H and O–H groups in total. The van der Waals surface area contributed by atoms with E-state index in [1.165, 1.54) is 0 Å². The lowest BCUT2D eigenvalue weighted by molar-refractivity contribution is 0.255. The van der Waals surface area contributed by atoms with Gasteiger partial charge in [-0.05, 0) is 40.4 Å². The Morgan fingerprint density at radius 2 is 2.06 bits per heavy atom. The number of urea groups is 1. The maximum Gasteiger partial charge on any atom is 0.324 e. The number of nitrogens with one attached hydrogen (secondary N) is 2. The van der Waals surface area contributed by atoms with Crippen molar-refractivity contribution in [3.05, 3.63) is 34.6 Å². The molecular weight excluding hydrogens is 294 g/mol. The van der Waals surface area contributed by atoms with Crippen LogP contribution in [0.5, 0.6) is 0 Å². The quantitative estimate of drug-likeness (QED) is 0.870. The van der Waals surface area contributed by atoms with Gasteiger partial charge in [0.2, 0.25) is 0 Å². The van der Waals surface area contributed by atoms with Crippen LogP contribution in [0.2, 0.25) is 0 Å². The molecule has 0 aromatic carbocycles. The Morgan fingerprint density at radius 3 is 2.56 bits per heavy atom. The second kappa shape index (κ2) is 6.00. The molecule has 0 unspecified atom stereocenters. The highest BCUT2D eigenvalue weighted by Gasteiger charge is 2.12. The summed E-state index contributed by atoms with van der Waals surface area (Å²) < 4.78 is 0.872. The molecule has 1 aromatic heterocycles. The molecule has 1 aromatic rings. The number of aromatic nitrogens is 1. The Kier molecular flexibility index (Phi) is 4.90. The predicted molar refractivity (Wildman–Crippen MR) is 77.3 cm³/mol. The number of halogens is 1. The average Bonchev–Trinajstić information content (AvgIpc) is 2.28. The van der Waals surface area contributed by atoms with E-state index >= 15 is 0 Å². The number of pyridine rings is 1. The van der Waals surface area contributed by atoms with Gasteiger partial charge in [0.15, 0.2) is 0 Å². The number of carbonyl (C=O) groups excluding carboxylic acids is 1. The van der Waals surface area contributed by atoms with Crippen LogP contribution in [0.3, 0.4) is 0 Å². The molecule has 0 radical (unpaired) electrons. The zero-order valence-electron chi connectivity index (χ0n) is 11.0. The number of anilines is 1. The topological polar surface area (TPSA) is 54.0 Å². The van der Waals surface area contributed by atoms with Crippen LogP contribution < -0.4 is 10.6 Å². The van der Waals surface area contributed by atoms with E-state index in [1.807, 2.05) is 13.0 Å². The van der Waals surface area contributed by atoms with Crippen LogP contribution >= 0.6 is 15.9 Å². The van der Waals surface area contributed by atoms with E-state index in [9.17, 15) is 4.79 Å². The van der Waals surface area contributed by atoms with E-state index < -0.39 is 0 Å². The lowest BCUT2D eigenvalue weighted by Crippen LogP contribution is -2.25. The van der Waals surface area contributed by atoms with Crippen LogP contribution in [-0.2, 0) is 0 Å². The zero-order valence-corrected chi connectivity index (χ0v) is 12.6. The smallest absolute Gasteiger partial charge is 0.314 e. The first kappa shape index (κ1) is 14.7. The molecule has 1 heterocycles. The summed E-state index contributed by atoms with van der Waals surface area (Å²) in [5, 5.41) is 5.34. The number of amides is 2. The lowest BCUT2D eigenvalue weighted by atomic mass is 9.88. The molecule has 4 nitrogen and oxygen atoms in total. The Balaban J connectivity index is 2.55. The molecule has 0 bridgehead atoms. The van der Waals surface area contributed by atoms with Gasteiger partial charge in [-0.15, -0.1) is 0 Å². The first-order valence-electron chi connectivity index (χ1n) is 5.65. The fourth-order valence-electron chi connectivity index (χ4n) is 0.992. The van der Waals surface area contributed by atoms with Crippen molar-refractivity contribution in [1.82, 2.24) is 10.3 Å². The highest BCUT2D eigenvalue weighted by Crippen LogP contribution is 2.23. The van der Waals surface area contributed by atoms with Crippen LogP contribution in [0, 0.1) is 5.41 Å². The van der Waals surface area contributed by atoms with E-state index in [0.29, 0.717) is 5.82 Å². The number of rotatable bonds is 2. The van der Waals surface area contributed by atoms with Gasteiger partial charge in [-0.3, -0.25) is 5.32 Å². The van der Waals surface area contributed by atoms with Crippen LogP contribution in [0.1, 0.15) is 27.7 Å². The van der Waals surface area contributed by atoms with Crippen LogP contribution in [0.15, 0.2) is 34.6 Å². The molecule has 0 spiro atoms. The van der Waals surface area contributed by atoms with Crippen molar-refractivity contribution in [1.29, 1.82) is 0 Å². The number of hydrogen-bond acceptors (Lipinski definition) is 2. The van der Waals surface area contributed by atoms with E-state index in [1.54, 1.807) is 18.5 Å². The summed E-state index contributed by atoms with van der Waals surface area (Å²) in [5.74, 6) is 0.512. The van der Waals surface area contributed by atoms with Crippen LogP contribution in [-0.4, -0.2) is 11.0 Å². The molecule has 98 valence electrons. The number of hydrogen-bond donors (Lipinski definition) is 2. The molecule has 0 aliphatic carbocycles. The largest absolute Gasteiger partial charge is 0.324 e. The molecule has 0 saturated carbocycles. The van der Waals surface area contributed by atoms with Crippen LogP contribution in [0.25, 0.3) is 0 Å². The molecule has 0 aliphatic heterocycles. The van der Waals surface area contributed by atoms with Gasteiger partial charge in [-0.1, -0.05) is 26.3 Å². The number of carbonyl (C=O) groups is 1. The summed E-state index contributed by atoms with van der Waals surface area (Å²) in [5.41, 5.74) is 1.14. The minimum atomic E-state index is -0.298. The van der Waals surface area contributed by atoms with Gasteiger partial charge >= 0.3 is 6.03 Å².